The predicted molar refractivity (Wildman–Crippen MR) is 114 cm³/mol. The second kappa shape index (κ2) is 13.6. The molecule has 0 heterocycles. The fourth-order valence-electron chi connectivity index (χ4n) is 2.85. The Kier molecular flexibility index (Phi) is 10.4. The Morgan fingerprint density at radius 2 is 1.35 bits per heavy atom. The van der Waals surface area contributed by atoms with Gasteiger partial charge in [-0.2, -0.15) is 0 Å². The molecule has 0 radical (unpaired) electrons. The van der Waals surface area contributed by atoms with E-state index in [1.54, 1.807) is 0 Å². The number of unbranched alkanes of at least 4 members (excludes halogenated alkanes) is 1. The number of benzene rings is 2. The number of carbonyl (C=O) groups excluding carboxylic acids is 2. The predicted octanol–water partition coefficient (Wildman–Crippen LogP) is 3.85. The zero-order valence-electron chi connectivity index (χ0n) is 17.3. The van der Waals surface area contributed by atoms with Crippen LogP contribution in [0.2, 0.25) is 0 Å². The molecule has 166 valence electrons. The van der Waals surface area contributed by atoms with Crippen LogP contribution in [-0.2, 0) is 27.5 Å². The number of carbonyl (C=O) groups is 3. The molecule has 0 aromatic heterocycles. The van der Waals surface area contributed by atoms with E-state index in [9.17, 15) is 14.4 Å². The van der Waals surface area contributed by atoms with Crippen LogP contribution in [0.25, 0.3) is 0 Å². The summed E-state index contributed by atoms with van der Waals surface area (Å²) in [5.74, 6) is -1.00. The van der Waals surface area contributed by atoms with Gasteiger partial charge in [0, 0.05) is 12.6 Å². The molecule has 2 aromatic rings. The van der Waals surface area contributed by atoms with Gasteiger partial charge in [0.2, 0.25) is 0 Å². The zero-order chi connectivity index (χ0) is 22.3. The largest absolute Gasteiger partial charge is 0.481 e. The minimum absolute atomic E-state index is 0.113. The maximum Gasteiger partial charge on any atom is 0.407 e. The third-order valence-electron chi connectivity index (χ3n) is 4.42. The van der Waals surface area contributed by atoms with E-state index >= 15 is 0 Å². The van der Waals surface area contributed by atoms with Gasteiger partial charge in [-0.1, -0.05) is 60.7 Å². The number of carboxylic acid groups (broad SMARTS) is 1. The van der Waals surface area contributed by atoms with Crippen LogP contribution < -0.4 is 10.6 Å². The summed E-state index contributed by atoms with van der Waals surface area (Å²) >= 11 is 0. The van der Waals surface area contributed by atoms with Gasteiger partial charge in [-0.25, -0.2) is 9.59 Å². The van der Waals surface area contributed by atoms with Crippen molar-refractivity contribution in [1.82, 2.24) is 10.6 Å². The summed E-state index contributed by atoms with van der Waals surface area (Å²) in [4.78, 5) is 34.8. The molecule has 1 unspecified atom stereocenters. The Morgan fingerprint density at radius 3 is 1.90 bits per heavy atom. The summed E-state index contributed by atoms with van der Waals surface area (Å²) in [5, 5.41) is 14.3. The van der Waals surface area contributed by atoms with Crippen molar-refractivity contribution in [3.05, 3.63) is 71.8 Å². The van der Waals surface area contributed by atoms with E-state index in [0.717, 1.165) is 11.1 Å². The molecular formula is C23H28N2O6. The Balaban J connectivity index is 1.62. The lowest BCUT2D eigenvalue weighted by molar-refractivity contribution is -0.137. The number of aliphatic carboxylic acids is 1. The lowest BCUT2D eigenvalue weighted by Gasteiger charge is -2.17. The van der Waals surface area contributed by atoms with Gasteiger partial charge >= 0.3 is 18.2 Å². The molecule has 1 atom stereocenters. The molecule has 0 aliphatic rings. The normalized spacial score (nSPS) is 11.2. The van der Waals surface area contributed by atoms with E-state index < -0.39 is 24.2 Å². The molecule has 0 saturated heterocycles. The lowest BCUT2D eigenvalue weighted by Crippen LogP contribution is -2.37. The van der Waals surface area contributed by atoms with Gasteiger partial charge in [0.05, 0.1) is 6.42 Å². The van der Waals surface area contributed by atoms with Crippen molar-refractivity contribution in [3.63, 3.8) is 0 Å². The van der Waals surface area contributed by atoms with E-state index in [4.69, 9.17) is 14.6 Å². The van der Waals surface area contributed by atoms with Gasteiger partial charge in [-0.3, -0.25) is 4.79 Å². The molecule has 2 aromatic carbocycles. The number of rotatable bonds is 12. The average molecular weight is 428 g/mol. The van der Waals surface area contributed by atoms with Crippen LogP contribution in [0, 0.1) is 0 Å². The average Bonchev–Trinajstić information content (AvgIpc) is 2.77. The SMILES string of the molecule is O=C(O)CC(CCCCNC(=O)OCc1ccccc1)NC(=O)OCc1ccccc1. The second-order valence-corrected chi connectivity index (χ2v) is 6.99. The topological polar surface area (TPSA) is 114 Å². The molecule has 0 spiro atoms. The highest BCUT2D eigenvalue weighted by Crippen LogP contribution is 2.07. The molecule has 0 aliphatic heterocycles. The Hall–Kier alpha value is -3.55. The summed E-state index contributed by atoms with van der Waals surface area (Å²) in [7, 11) is 0. The van der Waals surface area contributed by atoms with Crippen LogP contribution in [0.1, 0.15) is 36.8 Å². The van der Waals surface area contributed by atoms with Crippen LogP contribution >= 0.6 is 0 Å². The summed E-state index contributed by atoms with van der Waals surface area (Å²) in [6.07, 6.45) is 0.333. The Bertz CT molecular complexity index is 813. The third-order valence-corrected chi connectivity index (χ3v) is 4.42. The highest BCUT2D eigenvalue weighted by atomic mass is 16.6. The number of hydrogen-bond donors (Lipinski definition) is 3. The number of alkyl carbamates (subject to hydrolysis) is 2. The minimum atomic E-state index is -1.00. The van der Waals surface area contributed by atoms with E-state index in [1.807, 2.05) is 60.7 Å². The number of hydrogen-bond acceptors (Lipinski definition) is 5. The standard InChI is InChI=1S/C23H28N2O6/c26-21(27)15-20(25-23(29)31-17-19-11-5-2-6-12-19)13-7-8-14-24-22(28)30-16-18-9-3-1-4-10-18/h1-6,9-12,20H,7-8,13-17H2,(H,24,28)(H,25,29)(H,26,27). The fraction of sp³-hybridized carbons (Fsp3) is 0.348. The van der Waals surface area contributed by atoms with Gasteiger partial charge in [0.25, 0.3) is 0 Å². The number of amides is 2. The van der Waals surface area contributed by atoms with Crippen molar-refractivity contribution in [1.29, 1.82) is 0 Å². The third kappa shape index (κ3) is 10.7. The first kappa shape index (κ1) is 23.7. The summed E-state index contributed by atoms with van der Waals surface area (Å²) in [6, 6.07) is 18.0. The molecule has 0 saturated carbocycles. The van der Waals surface area contributed by atoms with Gasteiger partial charge < -0.3 is 25.2 Å². The quantitative estimate of drug-likeness (QED) is 0.443. The molecule has 0 fully saturated rings. The maximum atomic E-state index is 12.0. The number of carboxylic acids is 1. The fourth-order valence-corrected chi connectivity index (χ4v) is 2.85. The first-order chi connectivity index (χ1) is 15.0. The number of nitrogens with one attached hydrogen (secondary N) is 2. The smallest absolute Gasteiger partial charge is 0.407 e. The van der Waals surface area contributed by atoms with Crippen LogP contribution in [0.15, 0.2) is 60.7 Å². The van der Waals surface area contributed by atoms with Crippen molar-refractivity contribution in [2.45, 2.75) is 44.9 Å². The minimum Gasteiger partial charge on any atom is -0.481 e. The van der Waals surface area contributed by atoms with Crippen LogP contribution in [0.5, 0.6) is 0 Å². The molecule has 3 N–H and O–H groups in total. The molecule has 2 rings (SSSR count). The van der Waals surface area contributed by atoms with Crippen molar-refractivity contribution in [2.75, 3.05) is 6.54 Å². The summed E-state index contributed by atoms with van der Waals surface area (Å²) in [5.41, 5.74) is 1.75. The van der Waals surface area contributed by atoms with Gasteiger partial charge in [-0.15, -0.1) is 0 Å². The van der Waals surface area contributed by atoms with Gasteiger partial charge in [-0.05, 0) is 30.4 Å². The monoisotopic (exact) mass is 428 g/mol. The van der Waals surface area contributed by atoms with Crippen molar-refractivity contribution < 1.29 is 29.0 Å². The maximum absolute atomic E-state index is 12.0. The van der Waals surface area contributed by atoms with Crippen LogP contribution in [0.3, 0.4) is 0 Å². The van der Waals surface area contributed by atoms with E-state index in [2.05, 4.69) is 10.6 Å². The lowest BCUT2D eigenvalue weighted by atomic mass is 10.1. The van der Waals surface area contributed by atoms with Crippen molar-refractivity contribution in [2.24, 2.45) is 0 Å². The van der Waals surface area contributed by atoms with Gasteiger partial charge in [0.1, 0.15) is 13.2 Å². The number of ether oxygens (including phenoxy) is 2. The molecule has 2 amide bonds. The molecule has 8 nitrogen and oxygen atoms in total. The Morgan fingerprint density at radius 1 is 0.806 bits per heavy atom. The van der Waals surface area contributed by atoms with Crippen molar-refractivity contribution >= 4 is 18.2 Å². The Labute approximate surface area is 181 Å². The zero-order valence-corrected chi connectivity index (χ0v) is 17.3. The molecular weight excluding hydrogens is 400 g/mol. The van der Waals surface area contributed by atoms with Crippen LogP contribution in [0.4, 0.5) is 9.59 Å². The molecule has 0 bridgehead atoms. The van der Waals surface area contributed by atoms with Gasteiger partial charge in [0.15, 0.2) is 0 Å². The highest BCUT2D eigenvalue weighted by Gasteiger charge is 2.16. The highest BCUT2D eigenvalue weighted by molar-refractivity contribution is 5.71. The molecule has 8 heteroatoms. The van der Waals surface area contributed by atoms with E-state index in [0.29, 0.717) is 25.8 Å². The summed E-state index contributed by atoms with van der Waals surface area (Å²) in [6.45, 7) is 0.704. The first-order valence-electron chi connectivity index (χ1n) is 10.2. The first-order valence-corrected chi connectivity index (χ1v) is 10.2. The second-order valence-electron chi connectivity index (χ2n) is 6.99. The van der Waals surface area contributed by atoms with Crippen LogP contribution in [-0.4, -0.2) is 35.8 Å². The molecule has 0 aliphatic carbocycles. The van der Waals surface area contributed by atoms with E-state index in [1.165, 1.54) is 0 Å². The van der Waals surface area contributed by atoms with Crippen molar-refractivity contribution in [3.8, 4) is 0 Å². The molecule has 31 heavy (non-hydrogen) atoms. The van der Waals surface area contributed by atoms with E-state index in [-0.39, 0.29) is 19.6 Å². The summed E-state index contributed by atoms with van der Waals surface area (Å²) < 4.78 is 10.3.